The Hall–Kier alpha value is -3.44. The molecule has 10 nitrogen and oxygen atoms in total. The number of rotatable bonds is 6. The predicted molar refractivity (Wildman–Crippen MR) is 123 cm³/mol. The van der Waals surface area contributed by atoms with Crippen molar-refractivity contribution < 1.29 is 22.7 Å². The number of likely N-dealkylation sites (N-methyl/N-ethyl adjacent to an activating group) is 1. The Morgan fingerprint density at radius 3 is 2.48 bits per heavy atom. The van der Waals surface area contributed by atoms with Crippen LogP contribution in [-0.2, 0) is 19.4 Å². The number of carbonyl (C=O) groups is 2. The normalized spacial score (nSPS) is 14.3. The van der Waals surface area contributed by atoms with Crippen molar-refractivity contribution in [3.8, 4) is 0 Å². The van der Waals surface area contributed by atoms with Crippen LogP contribution in [0.5, 0.6) is 0 Å². The van der Waals surface area contributed by atoms with E-state index in [0.717, 1.165) is 25.0 Å². The van der Waals surface area contributed by atoms with Crippen molar-refractivity contribution >= 4 is 38.5 Å². The highest BCUT2D eigenvalue weighted by atomic mass is 32.2. The van der Waals surface area contributed by atoms with E-state index in [1.807, 2.05) is 24.3 Å². The molecule has 2 aromatic heterocycles. The van der Waals surface area contributed by atoms with E-state index in [0.29, 0.717) is 24.4 Å². The average molecular weight is 472 g/mol. The summed E-state index contributed by atoms with van der Waals surface area (Å²) in [5.41, 5.74) is 2.00. The quantitative estimate of drug-likeness (QED) is 0.576. The number of morpholine rings is 1. The fourth-order valence-corrected chi connectivity index (χ4v) is 4.45. The van der Waals surface area contributed by atoms with Crippen molar-refractivity contribution in [2.24, 2.45) is 0 Å². The van der Waals surface area contributed by atoms with Crippen LogP contribution in [-0.4, -0.2) is 80.7 Å². The number of anilines is 2. The Bertz CT molecular complexity index is 1280. The second-order valence-corrected chi connectivity index (χ2v) is 9.74. The van der Waals surface area contributed by atoms with Crippen molar-refractivity contribution in [3.63, 3.8) is 0 Å². The summed E-state index contributed by atoms with van der Waals surface area (Å²) in [6, 6.07) is 12.4. The molecule has 1 saturated heterocycles. The number of aromatic nitrogens is 2. The van der Waals surface area contributed by atoms with E-state index in [1.165, 1.54) is 22.5 Å². The van der Waals surface area contributed by atoms with Crippen molar-refractivity contribution in [3.05, 3.63) is 54.4 Å². The van der Waals surface area contributed by atoms with E-state index in [9.17, 15) is 18.0 Å². The second kappa shape index (κ2) is 9.20. The molecule has 174 valence electrons. The maximum absolute atomic E-state index is 13.0. The second-order valence-electron chi connectivity index (χ2n) is 7.83. The molecule has 1 aromatic carbocycles. The van der Waals surface area contributed by atoms with Crippen LogP contribution in [0.3, 0.4) is 0 Å². The summed E-state index contributed by atoms with van der Waals surface area (Å²) in [6.45, 7) is 2.81. The SMILES string of the molecule is CN(CC(=O)Nc1ccc(N2CCOCC2)cc1)C(=O)c1nc(S(C)(=O)=O)n2ccccc12. The number of nitrogens with zero attached hydrogens (tertiary/aromatic N) is 4. The lowest BCUT2D eigenvalue weighted by Gasteiger charge is -2.28. The molecular formula is C22H25N5O5S. The number of nitrogens with one attached hydrogen (secondary N) is 1. The highest BCUT2D eigenvalue weighted by molar-refractivity contribution is 7.90. The van der Waals surface area contributed by atoms with Crippen LogP contribution in [0.1, 0.15) is 10.5 Å². The molecule has 1 fully saturated rings. The number of ether oxygens (including phenoxy) is 1. The lowest BCUT2D eigenvalue weighted by Crippen LogP contribution is -2.36. The Kier molecular flexibility index (Phi) is 6.34. The number of imidazole rings is 1. The largest absolute Gasteiger partial charge is 0.378 e. The number of benzene rings is 1. The Morgan fingerprint density at radius 2 is 1.82 bits per heavy atom. The highest BCUT2D eigenvalue weighted by Crippen LogP contribution is 2.20. The fraction of sp³-hybridized carbons (Fsp3) is 0.318. The van der Waals surface area contributed by atoms with Gasteiger partial charge in [0.15, 0.2) is 5.69 Å². The molecule has 0 unspecified atom stereocenters. The number of amides is 2. The number of sulfone groups is 1. The molecule has 1 aliphatic heterocycles. The van der Waals surface area contributed by atoms with E-state index in [1.54, 1.807) is 18.2 Å². The Labute approximate surface area is 191 Å². The first-order valence-electron chi connectivity index (χ1n) is 10.4. The zero-order valence-electron chi connectivity index (χ0n) is 18.4. The van der Waals surface area contributed by atoms with Gasteiger partial charge in [0.1, 0.15) is 0 Å². The van der Waals surface area contributed by atoms with Crippen LogP contribution >= 0.6 is 0 Å². The first-order chi connectivity index (χ1) is 15.7. The molecule has 1 aliphatic rings. The van der Waals surface area contributed by atoms with Gasteiger partial charge in [-0.1, -0.05) is 6.07 Å². The summed E-state index contributed by atoms with van der Waals surface area (Å²) in [5, 5.41) is 2.56. The van der Waals surface area contributed by atoms with Crippen LogP contribution in [0.15, 0.2) is 53.8 Å². The monoisotopic (exact) mass is 471 g/mol. The third-order valence-electron chi connectivity index (χ3n) is 5.31. The summed E-state index contributed by atoms with van der Waals surface area (Å²) in [7, 11) is -2.18. The number of hydrogen-bond donors (Lipinski definition) is 1. The van der Waals surface area contributed by atoms with Gasteiger partial charge in [-0.3, -0.25) is 14.0 Å². The van der Waals surface area contributed by atoms with Crippen molar-refractivity contribution in [2.75, 3.05) is 56.4 Å². The molecule has 3 heterocycles. The summed E-state index contributed by atoms with van der Waals surface area (Å²) in [4.78, 5) is 33.0. The standard InChI is InChI=1S/C22H25N5O5S/c1-25(21(29)20-18-5-3-4-10-27(18)22(24-20)33(2,30)31)15-19(28)23-16-6-8-17(9-7-16)26-11-13-32-14-12-26/h3-10H,11-15H2,1-2H3,(H,23,28). The molecule has 0 saturated carbocycles. The van der Waals surface area contributed by atoms with Gasteiger partial charge in [0.2, 0.25) is 20.9 Å². The van der Waals surface area contributed by atoms with E-state index in [4.69, 9.17) is 4.74 Å². The van der Waals surface area contributed by atoms with E-state index < -0.39 is 15.7 Å². The molecule has 33 heavy (non-hydrogen) atoms. The minimum Gasteiger partial charge on any atom is -0.378 e. The van der Waals surface area contributed by atoms with E-state index >= 15 is 0 Å². The number of pyridine rings is 1. The smallest absolute Gasteiger partial charge is 0.274 e. The fourth-order valence-electron chi connectivity index (χ4n) is 3.67. The number of carbonyl (C=O) groups excluding carboxylic acids is 2. The zero-order valence-corrected chi connectivity index (χ0v) is 19.2. The van der Waals surface area contributed by atoms with Gasteiger partial charge < -0.3 is 19.9 Å². The summed E-state index contributed by atoms with van der Waals surface area (Å²) in [5.74, 6) is -0.928. The van der Waals surface area contributed by atoms with Crippen LogP contribution in [0.4, 0.5) is 11.4 Å². The third kappa shape index (κ3) is 4.99. The molecule has 2 amide bonds. The topological polar surface area (TPSA) is 113 Å². The molecule has 0 bridgehead atoms. The maximum Gasteiger partial charge on any atom is 0.274 e. The molecule has 3 aromatic rings. The van der Waals surface area contributed by atoms with Gasteiger partial charge in [-0.15, -0.1) is 0 Å². The highest BCUT2D eigenvalue weighted by Gasteiger charge is 2.25. The van der Waals surface area contributed by atoms with Crippen LogP contribution < -0.4 is 10.2 Å². The lowest BCUT2D eigenvalue weighted by molar-refractivity contribution is -0.116. The first-order valence-corrected chi connectivity index (χ1v) is 12.3. The van der Waals surface area contributed by atoms with Crippen LogP contribution in [0, 0.1) is 0 Å². The van der Waals surface area contributed by atoms with E-state index in [2.05, 4.69) is 15.2 Å². The van der Waals surface area contributed by atoms with E-state index in [-0.39, 0.29) is 23.3 Å². The van der Waals surface area contributed by atoms with Gasteiger partial charge in [0.25, 0.3) is 5.91 Å². The van der Waals surface area contributed by atoms with Gasteiger partial charge in [0.05, 0.1) is 25.3 Å². The maximum atomic E-state index is 13.0. The third-order valence-corrected chi connectivity index (χ3v) is 6.26. The first kappa shape index (κ1) is 22.7. The number of hydrogen-bond acceptors (Lipinski definition) is 7. The van der Waals surface area contributed by atoms with Crippen molar-refractivity contribution in [1.29, 1.82) is 0 Å². The lowest BCUT2D eigenvalue weighted by atomic mass is 10.2. The minimum atomic E-state index is -3.65. The summed E-state index contributed by atoms with van der Waals surface area (Å²) < 4.78 is 30.9. The average Bonchev–Trinajstić information content (AvgIpc) is 3.20. The Balaban J connectivity index is 1.43. The van der Waals surface area contributed by atoms with Gasteiger partial charge in [-0.05, 0) is 36.4 Å². The molecule has 0 spiro atoms. The van der Waals surface area contributed by atoms with Crippen LogP contribution in [0.2, 0.25) is 0 Å². The van der Waals surface area contributed by atoms with Crippen LogP contribution in [0.25, 0.3) is 5.52 Å². The molecule has 11 heteroatoms. The molecule has 0 radical (unpaired) electrons. The Morgan fingerprint density at radius 1 is 1.12 bits per heavy atom. The number of fused-ring (bicyclic) bond motifs is 1. The molecular weight excluding hydrogens is 446 g/mol. The van der Waals surface area contributed by atoms with Gasteiger partial charge in [-0.2, -0.15) is 0 Å². The summed E-state index contributed by atoms with van der Waals surface area (Å²) in [6.07, 6.45) is 2.56. The van der Waals surface area contributed by atoms with Gasteiger partial charge in [0, 0.05) is 44.0 Å². The zero-order chi connectivity index (χ0) is 23.6. The molecule has 1 N–H and O–H groups in total. The molecule has 0 aliphatic carbocycles. The minimum absolute atomic E-state index is 0.0267. The van der Waals surface area contributed by atoms with Crippen molar-refractivity contribution in [2.45, 2.75) is 5.16 Å². The summed E-state index contributed by atoms with van der Waals surface area (Å²) >= 11 is 0. The molecule has 0 atom stereocenters. The van der Waals surface area contributed by atoms with Crippen molar-refractivity contribution in [1.82, 2.24) is 14.3 Å². The predicted octanol–water partition coefficient (Wildman–Crippen LogP) is 1.29. The van der Waals surface area contributed by atoms with Gasteiger partial charge in [-0.25, -0.2) is 13.4 Å². The van der Waals surface area contributed by atoms with Gasteiger partial charge >= 0.3 is 0 Å². The molecule has 4 rings (SSSR count).